The molecule has 0 aliphatic carbocycles. The van der Waals surface area contributed by atoms with Gasteiger partial charge in [0.15, 0.2) is 11.5 Å². The van der Waals surface area contributed by atoms with Gasteiger partial charge >= 0.3 is 11.9 Å². The molecule has 0 radical (unpaired) electrons. The maximum atomic E-state index is 12.9. The molecule has 188 valence electrons. The SMILES string of the molecule is COc1cc(C(=O)OCc2ccccc2OC(=O)c2cccc([N+](=O)[O-])c2I)c(I)c(OC)c1OC. The number of nitro groups is 1. The van der Waals surface area contributed by atoms with Gasteiger partial charge in [-0.2, -0.15) is 0 Å². The average molecular weight is 719 g/mol. The Balaban J connectivity index is 1.83. The minimum atomic E-state index is -0.777. The Morgan fingerprint density at radius 3 is 2.17 bits per heavy atom. The predicted molar refractivity (Wildman–Crippen MR) is 145 cm³/mol. The highest BCUT2D eigenvalue weighted by Crippen LogP contribution is 2.42. The summed E-state index contributed by atoms with van der Waals surface area (Å²) in [4.78, 5) is 36.3. The Bertz CT molecular complexity index is 1330. The number of rotatable bonds is 9. The summed E-state index contributed by atoms with van der Waals surface area (Å²) in [6.45, 7) is -0.207. The van der Waals surface area contributed by atoms with Crippen LogP contribution in [-0.4, -0.2) is 38.2 Å². The number of esters is 2. The molecule has 0 aliphatic heterocycles. The number of carbonyl (C=O) groups is 2. The monoisotopic (exact) mass is 719 g/mol. The number of para-hydroxylation sites is 1. The van der Waals surface area contributed by atoms with Crippen molar-refractivity contribution in [2.75, 3.05) is 21.3 Å². The van der Waals surface area contributed by atoms with Gasteiger partial charge in [0, 0.05) is 11.6 Å². The fourth-order valence-electron chi connectivity index (χ4n) is 3.19. The van der Waals surface area contributed by atoms with E-state index in [0.717, 1.165) is 0 Å². The first kappa shape index (κ1) is 27.4. The van der Waals surface area contributed by atoms with Crippen molar-refractivity contribution in [3.8, 4) is 23.0 Å². The number of nitrogens with zero attached hydrogens (tertiary/aromatic N) is 1. The number of hydrogen-bond acceptors (Lipinski definition) is 9. The average Bonchev–Trinajstić information content (AvgIpc) is 2.87. The Kier molecular flexibility index (Phi) is 9.31. The molecule has 0 saturated heterocycles. The molecule has 0 amide bonds. The van der Waals surface area contributed by atoms with E-state index in [0.29, 0.717) is 26.4 Å². The van der Waals surface area contributed by atoms with Gasteiger partial charge in [0.05, 0.1) is 40.9 Å². The third-order valence-corrected chi connectivity index (χ3v) is 7.12. The summed E-state index contributed by atoms with van der Waals surface area (Å²) >= 11 is 3.68. The van der Waals surface area contributed by atoms with Gasteiger partial charge in [0.25, 0.3) is 5.69 Å². The van der Waals surface area contributed by atoms with E-state index in [1.807, 2.05) is 22.6 Å². The van der Waals surface area contributed by atoms with Crippen molar-refractivity contribution in [1.29, 1.82) is 0 Å². The summed E-state index contributed by atoms with van der Waals surface area (Å²) in [5.74, 6) is -0.326. The van der Waals surface area contributed by atoms with E-state index in [2.05, 4.69) is 0 Å². The Morgan fingerprint density at radius 1 is 0.833 bits per heavy atom. The normalized spacial score (nSPS) is 10.4. The van der Waals surface area contributed by atoms with Crippen LogP contribution in [0.3, 0.4) is 0 Å². The predicted octanol–water partition coefficient (Wildman–Crippen LogP) is 5.41. The second kappa shape index (κ2) is 12.2. The highest BCUT2D eigenvalue weighted by molar-refractivity contribution is 14.1. The Hall–Kier alpha value is -3.14. The number of halogens is 2. The topological polar surface area (TPSA) is 123 Å². The summed E-state index contributed by atoms with van der Waals surface area (Å²) in [5.41, 5.74) is 0.462. The minimum absolute atomic E-state index is 0.0450. The van der Waals surface area contributed by atoms with Crippen LogP contribution in [0.5, 0.6) is 23.0 Å². The molecule has 0 bridgehead atoms. The first-order valence-electron chi connectivity index (χ1n) is 10.1. The summed E-state index contributed by atoms with van der Waals surface area (Å²) in [5, 5.41) is 11.2. The van der Waals surface area contributed by atoms with Crippen LogP contribution in [0.25, 0.3) is 0 Å². The van der Waals surface area contributed by atoms with Crippen molar-refractivity contribution in [3.05, 3.63) is 82.5 Å². The maximum absolute atomic E-state index is 12.9. The van der Waals surface area contributed by atoms with Crippen LogP contribution in [0, 0.1) is 17.3 Å². The molecule has 0 saturated carbocycles. The van der Waals surface area contributed by atoms with Crippen LogP contribution in [0.15, 0.2) is 48.5 Å². The molecule has 3 rings (SSSR count). The number of ether oxygens (including phenoxy) is 5. The van der Waals surface area contributed by atoms with Gasteiger partial charge in [0.2, 0.25) is 5.75 Å². The molecule has 3 aromatic rings. The summed E-state index contributed by atoms with van der Waals surface area (Å²) in [6, 6.07) is 12.1. The van der Waals surface area contributed by atoms with Crippen LogP contribution in [-0.2, 0) is 11.3 Å². The summed E-state index contributed by atoms with van der Waals surface area (Å²) < 4.78 is 27.6. The van der Waals surface area contributed by atoms with E-state index in [-0.39, 0.29) is 32.7 Å². The molecular weight excluding hydrogens is 700 g/mol. The molecule has 0 atom stereocenters. The van der Waals surface area contributed by atoms with Crippen LogP contribution < -0.4 is 18.9 Å². The number of nitro benzene ring substituents is 1. The fraction of sp³-hybridized carbons (Fsp3) is 0.167. The highest BCUT2D eigenvalue weighted by atomic mass is 127. The zero-order valence-corrected chi connectivity index (χ0v) is 23.5. The Morgan fingerprint density at radius 2 is 1.53 bits per heavy atom. The lowest BCUT2D eigenvalue weighted by molar-refractivity contribution is -0.385. The molecule has 10 nitrogen and oxygen atoms in total. The van der Waals surface area contributed by atoms with E-state index in [4.69, 9.17) is 23.7 Å². The summed E-state index contributed by atoms with van der Waals surface area (Å²) in [7, 11) is 4.34. The Labute approximate surface area is 233 Å². The fourth-order valence-corrected chi connectivity index (χ4v) is 4.80. The van der Waals surface area contributed by atoms with Crippen LogP contribution in [0.4, 0.5) is 5.69 Å². The number of hydrogen-bond donors (Lipinski definition) is 0. The van der Waals surface area contributed by atoms with Gasteiger partial charge < -0.3 is 23.7 Å². The van der Waals surface area contributed by atoms with Crippen LogP contribution >= 0.6 is 45.2 Å². The van der Waals surface area contributed by atoms with Gasteiger partial charge in [-0.3, -0.25) is 10.1 Å². The zero-order valence-electron chi connectivity index (χ0n) is 19.2. The van der Waals surface area contributed by atoms with Crippen molar-refractivity contribution in [3.63, 3.8) is 0 Å². The molecule has 0 unspecified atom stereocenters. The summed E-state index contributed by atoms with van der Waals surface area (Å²) in [6.07, 6.45) is 0. The van der Waals surface area contributed by atoms with E-state index < -0.39 is 16.9 Å². The molecule has 0 fully saturated rings. The van der Waals surface area contributed by atoms with Crippen LogP contribution in [0.1, 0.15) is 26.3 Å². The van der Waals surface area contributed by atoms with Crippen LogP contribution in [0.2, 0.25) is 0 Å². The van der Waals surface area contributed by atoms with Gasteiger partial charge in [0.1, 0.15) is 15.9 Å². The van der Waals surface area contributed by atoms with E-state index in [1.165, 1.54) is 51.7 Å². The van der Waals surface area contributed by atoms with Crippen molar-refractivity contribution >= 4 is 62.8 Å². The molecular formula is C24H19I2NO9. The van der Waals surface area contributed by atoms with Crippen molar-refractivity contribution in [1.82, 2.24) is 0 Å². The quantitative estimate of drug-likeness (QED) is 0.0940. The lowest BCUT2D eigenvalue weighted by atomic mass is 10.1. The number of methoxy groups -OCH3 is 3. The van der Waals surface area contributed by atoms with Gasteiger partial charge in [-0.05, 0) is 63.4 Å². The standard InChI is InChI=1S/C24H19I2NO9/c1-32-18-11-15(20(26)22(34-3)21(18)33-2)23(28)35-12-13-7-4-5-10-17(13)36-24(29)14-8-6-9-16(19(14)25)27(30)31/h4-11H,12H2,1-3H3. The lowest BCUT2D eigenvalue weighted by Crippen LogP contribution is -2.14. The second-order valence-electron chi connectivity index (χ2n) is 6.98. The molecule has 0 spiro atoms. The molecule has 36 heavy (non-hydrogen) atoms. The van der Waals surface area contributed by atoms with E-state index in [1.54, 1.807) is 40.8 Å². The minimum Gasteiger partial charge on any atom is -0.493 e. The second-order valence-corrected chi connectivity index (χ2v) is 9.13. The van der Waals surface area contributed by atoms with E-state index in [9.17, 15) is 19.7 Å². The van der Waals surface area contributed by atoms with Gasteiger partial charge in [-0.15, -0.1) is 0 Å². The highest BCUT2D eigenvalue weighted by Gasteiger charge is 2.25. The first-order chi connectivity index (χ1) is 17.2. The molecule has 12 heteroatoms. The molecule has 0 heterocycles. The van der Waals surface area contributed by atoms with Crippen molar-refractivity contribution in [2.45, 2.75) is 6.61 Å². The van der Waals surface area contributed by atoms with Gasteiger partial charge in [-0.1, -0.05) is 24.3 Å². The first-order valence-corrected chi connectivity index (χ1v) is 12.3. The zero-order chi connectivity index (χ0) is 26.4. The van der Waals surface area contributed by atoms with Crippen molar-refractivity contribution in [2.24, 2.45) is 0 Å². The number of benzene rings is 3. The van der Waals surface area contributed by atoms with Crippen molar-refractivity contribution < 1.29 is 38.2 Å². The molecule has 0 N–H and O–H groups in total. The molecule has 0 aliphatic rings. The third kappa shape index (κ3) is 5.80. The smallest absolute Gasteiger partial charge is 0.344 e. The molecule has 0 aromatic heterocycles. The van der Waals surface area contributed by atoms with Gasteiger partial charge in [-0.25, -0.2) is 9.59 Å². The lowest BCUT2D eigenvalue weighted by Gasteiger charge is -2.16. The largest absolute Gasteiger partial charge is 0.493 e. The third-order valence-electron chi connectivity index (χ3n) is 4.92. The maximum Gasteiger partial charge on any atom is 0.344 e. The van der Waals surface area contributed by atoms with E-state index >= 15 is 0 Å². The molecule has 3 aromatic carbocycles. The number of carbonyl (C=O) groups excluding carboxylic acids is 2.